The van der Waals surface area contributed by atoms with Crippen LogP contribution in [0.3, 0.4) is 0 Å². The molecule has 0 bridgehead atoms. The fourth-order valence-corrected chi connectivity index (χ4v) is 1.77. The first-order valence-electron chi connectivity index (χ1n) is 6.16. The van der Waals surface area contributed by atoms with Crippen LogP contribution in [0.1, 0.15) is 46.5 Å². The second-order valence-electron chi connectivity index (χ2n) is 5.04. The fraction of sp³-hybridized carbons (Fsp3) is 0.923. The van der Waals surface area contributed by atoms with Gasteiger partial charge in [0.1, 0.15) is 0 Å². The number of nitrogens with one attached hydrogen (secondary N) is 1. The van der Waals surface area contributed by atoms with Gasteiger partial charge in [-0.15, -0.1) is 0 Å². The van der Waals surface area contributed by atoms with E-state index in [0.717, 1.165) is 31.2 Å². The van der Waals surface area contributed by atoms with Gasteiger partial charge in [0.25, 0.3) is 0 Å². The fourth-order valence-electron chi connectivity index (χ4n) is 1.42. The van der Waals surface area contributed by atoms with Crippen LogP contribution >= 0.6 is 11.8 Å². The van der Waals surface area contributed by atoms with Crippen molar-refractivity contribution in [1.82, 2.24) is 5.32 Å². The zero-order chi connectivity index (χ0) is 12.4. The molecule has 0 saturated carbocycles. The third-order valence-corrected chi connectivity index (χ3v) is 3.88. The van der Waals surface area contributed by atoms with Crippen LogP contribution in [0.15, 0.2) is 0 Å². The first-order valence-corrected chi connectivity index (χ1v) is 7.45. The van der Waals surface area contributed by atoms with Gasteiger partial charge in [-0.3, -0.25) is 0 Å². The van der Waals surface area contributed by atoms with Gasteiger partial charge >= 0.3 is 0 Å². The molecule has 0 aromatic carbocycles. The van der Waals surface area contributed by atoms with Crippen LogP contribution in [0, 0.1) is 16.7 Å². The predicted molar refractivity (Wildman–Crippen MR) is 73.7 cm³/mol. The Balaban J connectivity index is 3.26. The molecule has 0 aromatic heterocycles. The Bertz CT molecular complexity index is 208. The van der Waals surface area contributed by atoms with Crippen molar-refractivity contribution in [2.24, 2.45) is 5.41 Å². The minimum absolute atomic E-state index is 0.145. The number of hydrogen-bond donors (Lipinski definition) is 1. The lowest BCUT2D eigenvalue weighted by Crippen LogP contribution is -2.19. The van der Waals surface area contributed by atoms with Gasteiger partial charge in [-0.05, 0) is 52.5 Å². The zero-order valence-corrected chi connectivity index (χ0v) is 12.0. The summed E-state index contributed by atoms with van der Waals surface area (Å²) in [6.45, 7) is 8.50. The van der Waals surface area contributed by atoms with Crippen LogP contribution < -0.4 is 5.32 Å². The molecule has 1 atom stereocenters. The van der Waals surface area contributed by atoms with Gasteiger partial charge in [-0.25, -0.2) is 0 Å². The lowest BCUT2D eigenvalue weighted by atomic mass is 9.89. The molecule has 0 aliphatic rings. The van der Waals surface area contributed by atoms with Crippen molar-refractivity contribution in [2.45, 2.75) is 51.7 Å². The van der Waals surface area contributed by atoms with Crippen molar-refractivity contribution in [3.8, 4) is 6.07 Å². The van der Waals surface area contributed by atoms with E-state index in [2.05, 4.69) is 24.6 Å². The Labute approximate surface area is 105 Å². The van der Waals surface area contributed by atoms with Crippen molar-refractivity contribution < 1.29 is 0 Å². The number of unbranched alkanes of at least 4 members (excludes halogenated alkanes) is 1. The summed E-state index contributed by atoms with van der Waals surface area (Å²) in [4.78, 5) is 0. The second-order valence-corrected chi connectivity index (χ2v) is 6.31. The summed E-state index contributed by atoms with van der Waals surface area (Å²) in [6, 6.07) is 2.34. The third kappa shape index (κ3) is 9.06. The summed E-state index contributed by atoms with van der Waals surface area (Å²) in [7, 11) is 0. The number of thioether (sulfide) groups is 1. The topological polar surface area (TPSA) is 35.8 Å². The molecular formula is C13H26N2S. The Morgan fingerprint density at radius 2 is 2.00 bits per heavy atom. The third-order valence-electron chi connectivity index (χ3n) is 2.84. The van der Waals surface area contributed by atoms with Crippen molar-refractivity contribution in [1.29, 1.82) is 5.26 Å². The summed E-state index contributed by atoms with van der Waals surface area (Å²) in [5, 5.41) is 13.1. The van der Waals surface area contributed by atoms with E-state index in [4.69, 9.17) is 5.26 Å². The van der Waals surface area contributed by atoms with Crippen LogP contribution in [0.5, 0.6) is 0 Å². The quantitative estimate of drug-likeness (QED) is 0.629. The van der Waals surface area contributed by atoms with Gasteiger partial charge in [0.05, 0.1) is 11.5 Å². The summed E-state index contributed by atoms with van der Waals surface area (Å²) >= 11 is 1.92. The van der Waals surface area contributed by atoms with Crippen molar-refractivity contribution >= 4 is 11.8 Å². The van der Waals surface area contributed by atoms with Crippen LogP contribution in [0.2, 0.25) is 0 Å². The maximum absolute atomic E-state index is 8.86. The van der Waals surface area contributed by atoms with Gasteiger partial charge in [0.15, 0.2) is 0 Å². The SMILES string of the molecule is CSC(C)CCNCCCCC(C)(C)C#N. The van der Waals surface area contributed by atoms with Gasteiger partial charge in [0, 0.05) is 5.25 Å². The second kappa shape index (κ2) is 8.90. The number of hydrogen-bond acceptors (Lipinski definition) is 3. The summed E-state index contributed by atoms with van der Waals surface area (Å²) < 4.78 is 0. The molecule has 0 aliphatic heterocycles. The minimum Gasteiger partial charge on any atom is -0.317 e. The Hall–Kier alpha value is -0.200. The Morgan fingerprint density at radius 1 is 1.31 bits per heavy atom. The number of nitrogens with zero attached hydrogens (tertiary/aromatic N) is 1. The van der Waals surface area contributed by atoms with Gasteiger partial charge in [0.2, 0.25) is 0 Å². The van der Waals surface area contributed by atoms with Gasteiger partial charge in [-0.2, -0.15) is 17.0 Å². The lowest BCUT2D eigenvalue weighted by Gasteiger charge is -2.14. The maximum Gasteiger partial charge on any atom is 0.0683 e. The molecule has 0 fully saturated rings. The van der Waals surface area contributed by atoms with Gasteiger partial charge < -0.3 is 5.32 Å². The van der Waals surface area contributed by atoms with Crippen molar-refractivity contribution in [2.75, 3.05) is 19.3 Å². The van der Waals surface area contributed by atoms with Crippen LogP contribution in [-0.4, -0.2) is 24.6 Å². The normalized spacial score (nSPS) is 13.4. The summed E-state index contributed by atoms with van der Waals surface area (Å²) in [5.41, 5.74) is -0.145. The molecular weight excluding hydrogens is 216 g/mol. The van der Waals surface area contributed by atoms with Crippen LogP contribution in [0.4, 0.5) is 0 Å². The van der Waals surface area contributed by atoms with E-state index >= 15 is 0 Å². The highest BCUT2D eigenvalue weighted by Gasteiger charge is 2.15. The highest BCUT2D eigenvalue weighted by Crippen LogP contribution is 2.21. The van der Waals surface area contributed by atoms with Crippen LogP contribution in [0.25, 0.3) is 0 Å². The molecule has 0 heterocycles. The maximum atomic E-state index is 8.86. The van der Waals surface area contributed by atoms with Gasteiger partial charge in [-0.1, -0.05) is 13.3 Å². The van der Waals surface area contributed by atoms with Crippen molar-refractivity contribution in [3.63, 3.8) is 0 Å². The van der Waals surface area contributed by atoms with E-state index in [1.165, 1.54) is 12.8 Å². The van der Waals surface area contributed by atoms with E-state index in [1.54, 1.807) is 0 Å². The average Bonchev–Trinajstić information content (AvgIpc) is 2.27. The molecule has 2 nitrogen and oxygen atoms in total. The highest BCUT2D eigenvalue weighted by atomic mass is 32.2. The van der Waals surface area contributed by atoms with Crippen molar-refractivity contribution in [3.05, 3.63) is 0 Å². The largest absolute Gasteiger partial charge is 0.317 e. The number of rotatable bonds is 9. The predicted octanol–water partition coefficient (Wildman–Crippen LogP) is 3.44. The summed E-state index contributed by atoms with van der Waals surface area (Å²) in [6.07, 6.45) is 6.73. The molecule has 0 aliphatic carbocycles. The average molecular weight is 242 g/mol. The highest BCUT2D eigenvalue weighted by molar-refractivity contribution is 7.99. The molecule has 16 heavy (non-hydrogen) atoms. The molecule has 1 N–H and O–H groups in total. The molecule has 0 spiro atoms. The molecule has 0 saturated heterocycles. The Morgan fingerprint density at radius 3 is 2.56 bits per heavy atom. The zero-order valence-electron chi connectivity index (χ0n) is 11.2. The van der Waals surface area contributed by atoms with E-state index in [1.807, 2.05) is 25.6 Å². The standard InChI is InChI=1S/C13H26N2S/c1-12(16-4)7-10-15-9-6-5-8-13(2,3)11-14/h12,15H,5-10H2,1-4H3. The molecule has 0 amide bonds. The Kier molecular flexibility index (Phi) is 8.78. The molecule has 94 valence electrons. The number of nitriles is 1. The first-order chi connectivity index (χ1) is 7.52. The molecule has 0 aromatic rings. The van der Waals surface area contributed by atoms with E-state index in [9.17, 15) is 0 Å². The summed E-state index contributed by atoms with van der Waals surface area (Å²) in [5.74, 6) is 0. The smallest absolute Gasteiger partial charge is 0.0683 e. The van der Waals surface area contributed by atoms with E-state index < -0.39 is 0 Å². The monoisotopic (exact) mass is 242 g/mol. The van der Waals surface area contributed by atoms with E-state index in [-0.39, 0.29) is 5.41 Å². The lowest BCUT2D eigenvalue weighted by molar-refractivity contribution is 0.422. The molecule has 0 radical (unpaired) electrons. The van der Waals surface area contributed by atoms with Crippen LogP contribution in [-0.2, 0) is 0 Å². The molecule has 0 rings (SSSR count). The minimum atomic E-state index is -0.145. The molecule has 3 heteroatoms. The van der Waals surface area contributed by atoms with E-state index in [0.29, 0.717) is 0 Å². The first kappa shape index (κ1) is 15.8. The molecule has 1 unspecified atom stereocenters.